The zero-order valence-corrected chi connectivity index (χ0v) is 41.6. The summed E-state index contributed by atoms with van der Waals surface area (Å²) in [6.07, 6.45) is 43.6. The summed E-state index contributed by atoms with van der Waals surface area (Å²) >= 11 is 0. The van der Waals surface area contributed by atoms with Gasteiger partial charge in [-0.1, -0.05) is 225 Å². The third-order valence-corrected chi connectivity index (χ3v) is 12.9. The first kappa shape index (κ1) is 60.5. The van der Waals surface area contributed by atoms with Crippen LogP contribution >= 0.6 is 0 Å². The van der Waals surface area contributed by atoms with Crippen molar-refractivity contribution in [2.45, 2.75) is 301 Å². The van der Waals surface area contributed by atoms with Gasteiger partial charge in [0, 0.05) is 12.8 Å². The van der Waals surface area contributed by atoms with Crippen LogP contribution in [-0.2, 0) is 28.5 Å². The van der Waals surface area contributed by atoms with E-state index in [2.05, 4.69) is 26.0 Å². The normalized spacial score (nSPS) is 19.4. The van der Waals surface area contributed by atoms with Gasteiger partial charge in [-0.25, -0.2) is 0 Å². The number of carbonyl (C=O) groups is 2. The molecule has 6 atom stereocenters. The minimum Gasteiger partial charge on any atom is -0.462 e. The molecular weight excluding hydrogens is 809 g/mol. The molecule has 0 radical (unpaired) electrons. The van der Waals surface area contributed by atoms with Gasteiger partial charge in [-0.2, -0.15) is 0 Å². The van der Waals surface area contributed by atoms with Crippen molar-refractivity contribution in [3.8, 4) is 0 Å². The Kier molecular flexibility index (Phi) is 42.7. The molecule has 10 nitrogen and oxygen atoms in total. The van der Waals surface area contributed by atoms with Crippen molar-refractivity contribution in [2.24, 2.45) is 0 Å². The molecule has 0 amide bonds. The van der Waals surface area contributed by atoms with Gasteiger partial charge in [-0.3, -0.25) is 9.59 Å². The summed E-state index contributed by atoms with van der Waals surface area (Å²) in [5.41, 5.74) is 0. The van der Waals surface area contributed by atoms with E-state index in [0.29, 0.717) is 6.42 Å². The fourth-order valence-corrected chi connectivity index (χ4v) is 8.60. The van der Waals surface area contributed by atoms with Gasteiger partial charge < -0.3 is 39.4 Å². The molecule has 1 aliphatic heterocycles. The predicted octanol–water partition coefficient (Wildman–Crippen LogP) is 13.1. The van der Waals surface area contributed by atoms with Crippen LogP contribution in [0.3, 0.4) is 0 Å². The molecule has 0 aromatic carbocycles. The monoisotopic (exact) mass is 911 g/mol. The van der Waals surface area contributed by atoms with Crippen molar-refractivity contribution in [2.75, 3.05) is 19.8 Å². The first-order valence-electron chi connectivity index (χ1n) is 27.3. The third-order valence-electron chi connectivity index (χ3n) is 12.9. The standard InChI is InChI=1S/C54H102O10/c1-3-5-7-9-11-13-15-17-19-21-23-25-27-29-31-33-35-37-39-41-43-50(57)63-47(46-62-54-53(60)52(59)51(58)48(44-55)64-54)45-61-49(56)42-40-38-36-34-32-30-28-26-24-22-20-18-16-14-12-10-8-6-4-2/h18,20,47-48,51-55,58-60H,3-17,19,21-46H2,1-2H3/b20-18+/t47-,48-,51+,52?,53?,54-/m1/s1. The van der Waals surface area contributed by atoms with Crippen LogP contribution in [0.15, 0.2) is 12.2 Å². The molecule has 64 heavy (non-hydrogen) atoms. The molecule has 1 fully saturated rings. The summed E-state index contributed by atoms with van der Waals surface area (Å²) in [5.74, 6) is -0.791. The van der Waals surface area contributed by atoms with Gasteiger partial charge in [0.15, 0.2) is 12.4 Å². The van der Waals surface area contributed by atoms with Gasteiger partial charge in [-0.05, 0) is 38.5 Å². The Morgan fingerprint density at radius 1 is 0.469 bits per heavy atom. The maximum absolute atomic E-state index is 12.9. The minimum atomic E-state index is -1.59. The van der Waals surface area contributed by atoms with Gasteiger partial charge in [0.1, 0.15) is 31.0 Å². The van der Waals surface area contributed by atoms with Crippen LogP contribution in [0.25, 0.3) is 0 Å². The summed E-state index contributed by atoms with van der Waals surface area (Å²) in [5, 5.41) is 40.2. The molecule has 0 aliphatic carbocycles. The average Bonchev–Trinajstić information content (AvgIpc) is 3.29. The van der Waals surface area contributed by atoms with E-state index in [1.54, 1.807) is 0 Å². The van der Waals surface area contributed by atoms with E-state index in [0.717, 1.165) is 38.5 Å². The van der Waals surface area contributed by atoms with Crippen molar-refractivity contribution in [1.82, 2.24) is 0 Å². The molecule has 4 N–H and O–H groups in total. The largest absolute Gasteiger partial charge is 0.462 e. The van der Waals surface area contributed by atoms with Crippen molar-refractivity contribution in [3.63, 3.8) is 0 Å². The first-order chi connectivity index (χ1) is 31.3. The Bertz CT molecular complexity index is 1050. The minimum absolute atomic E-state index is 0.212. The number of ether oxygens (including phenoxy) is 4. The quantitative estimate of drug-likeness (QED) is 0.0264. The van der Waals surface area contributed by atoms with Crippen LogP contribution < -0.4 is 0 Å². The number of aliphatic hydroxyl groups excluding tert-OH is 4. The van der Waals surface area contributed by atoms with Gasteiger partial charge in [0.05, 0.1) is 13.2 Å². The van der Waals surface area contributed by atoms with Crippen molar-refractivity contribution in [3.05, 3.63) is 12.2 Å². The van der Waals surface area contributed by atoms with Crippen LogP contribution in [0.4, 0.5) is 0 Å². The fraction of sp³-hybridized carbons (Fsp3) is 0.926. The SMILES string of the molecule is CCCCCCCC/C=C/CCCCCCCCCCCC(=O)OC[C@H](CO[C@@H]1O[C@H](CO)[C@H](O)C(O)C1O)OC(=O)CCCCCCCCCCCCCCCCCCCCCC. The zero-order valence-electron chi connectivity index (χ0n) is 41.6. The zero-order chi connectivity index (χ0) is 46.6. The lowest BCUT2D eigenvalue weighted by Crippen LogP contribution is -2.59. The molecule has 378 valence electrons. The first-order valence-corrected chi connectivity index (χ1v) is 27.3. The fourth-order valence-electron chi connectivity index (χ4n) is 8.60. The van der Waals surface area contributed by atoms with Gasteiger partial charge in [0.25, 0.3) is 0 Å². The Morgan fingerprint density at radius 2 is 0.828 bits per heavy atom. The van der Waals surface area contributed by atoms with E-state index in [9.17, 15) is 30.0 Å². The topological polar surface area (TPSA) is 152 Å². The number of allylic oxidation sites excluding steroid dienone is 2. The number of hydrogen-bond donors (Lipinski definition) is 4. The van der Waals surface area contributed by atoms with Crippen LogP contribution in [0, 0.1) is 0 Å². The van der Waals surface area contributed by atoms with Crippen LogP contribution in [-0.4, -0.2) is 89.0 Å². The Hall–Kier alpha value is -1.56. The second-order valence-corrected chi connectivity index (χ2v) is 19.0. The molecule has 0 aromatic rings. The van der Waals surface area contributed by atoms with Crippen molar-refractivity contribution < 1.29 is 49.0 Å². The molecule has 1 aliphatic rings. The third kappa shape index (κ3) is 35.6. The van der Waals surface area contributed by atoms with E-state index >= 15 is 0 Å². The highest BCUT2D eigenvalue weighted by Gasteiger charge is 2.44. The predicted molar refractivity (Wildman–Crippen MR) is 261 cm³/mol. The Labute approximate surface area is 392 Å². The van der Waals surface area contributed by atoms with Crippen molar-refractivity contribution >= 4 is 11.9 Å². The maximum Gasteiger partial charge on any atom is 0.306 e. The summed E-state index contributed by atoms with van der Waals surface area (Å²) in [6, 6.07) is 0. The number of hydrogen-bond acceptors (Lipinski definition) is 10. The van der Waals surface area contributed by atoms with Crippen LogP contribution in [0.1, 0.15) is 264 Å². The van der Waals surface area contributed by atoms with Gasteiger partial charge in [-0.15, -0.1) is 0 Å². The van der Waals surface area contributed by atoms with E-state index in [4.69, 9.17) is 18.9 Å². The number of rotatable bonds is 47. The van der Waals surface area contributed by atoms with Crippen molar-refractivity contribution in [1.29, 1.82) is 0 Å². The van der Waals surface area contributed by atoms with Crippen LogP contribution in [0.5, 0.6) is 0 Å². The number of aliphatic hydroxyl groups is 4. The van der Waals surface area contributed by atoms with Gasteiger partial charge >= 0.3 is 11.9 Å². The summed E-state index contributed by atoms with van der Waals surface area (Å²) in [6.45, 7) is 3.47. The van der Waals surface area contributed by atoms with E-state index in [-0.39, 0.29) is 32.0 Å². The summed E-state index contributed by atoms with van der Waals surface area (Å²) in [7, 11) is 0. The molecule has 0 aromatic heterocycles. The van der Waals surface area contributed by atoms with Crippen LogP contribution in [0.2, 0.25) is 0 Å². The van der Waals surface area contributed by atoms with E-state index in [1.165, 1.54) is 193 Å². The molecule has 0 bridgehead atoms. The highest BCUT2D eigenvalue weighted by atomic mass is 16.7. The lowest BCUT2D eigenvalue weighted by atomic mass is 9.99. The maximum atomic E-state index is 12.9. The number of esters is 2. The summed E-state index contributed by atoms with van der Waals surface area (Å²) in [4.78, 5) is 25.5. The molecule has 2 unspecified atom stereocenters. The highest BCUT2D eigenvalue weighted by molar-refractivity contribution is 5.70. The Balaban J connectivity index is 2.22. The second-order valence-electron chi connectivity index (χ2n) is 19.0. The molecule has 1 heterocycles. The number of unbranched alkanes of at least 4 members (excludes halogenated alkanes) is 34. The molecule has 1 saturated heterocycles. The molecule has 0 spiro atoms. The lowest BCUT2D eigenvalue weighted by molar-refractivity contribution is -0.305. The summed E-state index contributed by atoms with van der Waals surface area (Å²) < 4.78 is 22.3. The lowest BCUT2D eigenvalue weighted by Gasteiger charge is -2.39. The Morgan fingerprint density at radius 3 is 1.22 bits per heavy atom. The highest BCUT2D eigenvalue weighted by Crippen LogP contribution is 2.23. The molecule has 0 saturated carbocycles. The molecular formula is C54H102O10. The second kappa shape index (κ2) is 45.2. The molecule has 10 heteroatoms. The van der Waals surface area contributed by atoms with E-state index < -0.39 is 49.4 Å². The van der Waals surface area contributed by atoms with E-state index in [1.807, 2.05) is 0 Å². The smallest absolute Gasteiger partial charge is 0.306 e. The van der Waals surface area contributed by atoms with Gasteiger partial charge in [0.2, 0.25) is 0 Å². The average molecular weight is 911 g/mol. The molecule has 1 rings (SSSR count). The number of carbonyl (C=O) groups excluding carboxylic acids is 2.